The SMILES string of the molecule is COc1ccc(C(=O)C(c2ccc(OC)cc2)c2ccc(O)c(C)c2)cc1. The van der Waals surface area contributed by atoms with Crippen molar-refractivity contribution in [1.82, 2.24) is 0 Å². The summed E-state index contributed by atoms with van der Waals surface area (Å²) in [5.74, 6) is 1.14. The van der Waals surface area contributed by atoms with Crippen LogP contribution in [0.25, 0.3) is 0 Å². The van der Waals surface area contributed by atoms with Crippen LogP contribution in [0.3, 0.4) is 0 Å². The summed E-state index contributed by atoms with van der Waals surface area (Å²) in [6, 6.07) is 19.8. The van der Waals surface area contributed by atoms with Gasteiger partial charge in [0.25, 0.3) is 0 Å². The molecule has 0 bridgehead atoms. The summed E-state index contributed by atoms with van der Waals surface area (Å²) in [5.41, 5.74) is 3.02. The molecule has 0 saturated carbocycles. The van der Waals surface area contributed by atoms with E-state index in [2.05, 4.69) is 0 Å². The average molecular weight is 362 g/mol. The van der Waals surface area contributed by atoms with Crippen LogP contribution in [0.15, 0.2) is 66.7 Å². The largest absolute Gasteiger partial charge is 0.508 e. The second-order valence-electron chi connectivity index (χ2n) is 6.34. The van der Waals surface area contributed by atoms with Crippen molar-refractivity contribution in [2.45, 2.75) is 12.8 Å². The molecule has 0 heterocycles. The molecule has 27 heavy (non-hydrogen) atoms. The Morgan fingerprint density at radius 1 is 0.815 bits per heavy atom. The van der Waals surface area contributed by atoms with Crippen molar-refractivity contribution in [1.29, 1.82) is 0 Å². The Hall–Kier alpha value is -3.27. The van der Waals surface area contributed by atoms with Crippen LogP contribution in [0.2, 0.25) is 0 Å². The molecule has 1 atom stereocenters. The molecule has 0 aliphatic carbocycles. The topological polar surface area (TPSA) is 55.8 Å². The summed E-state index contributed by atoms with van der Waals surface area (Å²) in [5, 5.41) is 9.86. The van der Waals surface area contributed by atoms with E-state index >= 15 is 0 Å². The van der Waals surface area contributed by atoms with E-state index in [4.69, 9.17) is 9.47 Å². The van der Waals surface area contributed by atoms with E-state index in [-0.39, 0.29) is 11.5 Å². The van der Waals surface area contributed by atoms with Gasteiger partial charge in [0.05, 0.1) is 20.1 Å². The van der Waals surface area contributed by atoms with Crippen LogP contribution >= 0.6 is 0 Å². The van der Waals surface area contributed by atoms with Crippen LogP contribution in [-0.2, 0) is 0 Å². The van der Waals surface area contributed by atoms with Gasteiger partial charge >= 0.3 is 0 Å². The Labute approximate surface area is 159 Å². The van der Waals surface area contributed by atoms with E-state index in [1.54, 1.807) is 50.6 Å². The van der Waals surface area contributed by atoms with E-state index in [0.717, 1.165) is 22.4 Å². The zero-order chi connectivity index (χ0) is 19.4. The van der Waals surface area contributed by atoms with Gasteiger partial charge in [-0.05, 0) is 66.1 Å². The number of phenols is 1. The minimum Gasteiger partial charge on any atom is -0.508 e. The summed E-state index contributed by atoms with van der Waals surface area (Å²) in [6.45, 7) is 1.82. The molecule has 3 aromatic carbocycles. The first-order chi connectivity index (χ1) is 13.0. The van der Waals surface area contributed by atoms with Crippen molar-refractivity contribution in [3.05, 3.63) is 89.0 Å². The minimum atomic E-state index is -0.483. The van der Waals surface area contributed by atoms with Crippen LogP contribution in [0.4, 0.5) is 0 Å². The molecule has 1 N–H and O–H groups in total. The van der Waals surface area contributed by atoms with Gasteiger partial charge in [-0.1, -0.05) is 24.3 Å². The van der Waals surface area contributed by atoms with Gasteiger partial charge in [0.2, 0.25) is 0 Å². The molecular formula is C23H22O4. The highest BCUT2D eigenvalue weighted by Crippen LogP contribution is 2.32. The molecule has 0 aliphatic heterocycles. The van der Waals surface area contributed by atoms with Gasteiger partial charge < -0.3 is 14.6 Å². The van der Waals surface area contributed by atoms with Crippen LogP contribution in [0.5, 0.6) is 17.2 Å². The van der Waals surface area contributed by atoms with Gasteiger partial charge in [-0.15, -0.1) is 0 Å². The van der Waals surface area contributed by atoms with Gasteiger partial charge in [-0.2, -0.15) is 0 Å². The van der Waals surface area contributed by atoms with Crippen LogP contribution in [-0.4, -0.2) is 25.1 Å². The number of methoxy groups -OCH3 is 2. The number of aromatic hydroxyl groups is 1. The predicted molar refractivity (Wildman–Crippen MR) is 105 cm³/mol. The maximum absolute atomic E-state index is 13.4. The maximum Gasteiger partial charge on any atom is 0.174 e. The summed E-state index contributed by atoms with van der Waals surface area (Å²) in [6.07, 6.45) is 0. The maximum atomic E-state index is 13.4. The van der Waals surface area contributed by atoms with Crippen molar-refractivity contribution in [3.8, 4) is 17.2 Å². The van der Waals surface area contributed by atoms with Crippen LogP contribution in [0, 0.1) is 6.92 Å². The van der Waals surface area contributed by atoms with Crippen molar-refractivity contribution in [2.75, 3.05) is 14.2 Å². The number of aryl methyl sites for hydroxylation is 1. The summed E-state index contributed by atoms with van der Waals surface area (Å²) in [7, 11) is 3.20. The molecule has 0 fully saturated rings. The number of carbonyl (C=O) groups is 1. The summed E-state index contributed by atoms with van der Waals surface area (Å²) < 4.78 is 10.4. The first kappa shape index (κ1) is 18.5. The predicted octanol–water partition coefficient (Wildman–Crippen LogP) is 4.73. The Morgan fingerprint density at radius 3 is 1.85 bits per heavy atom. The van der Waals surface area contributed by atoms with E-state index in [9.17, 15) is 9.90 Å². The first-order valence-electron chi connectivity index (χ1n) is 8.65. The Kier molecular flexibility index (Phi) is 5.46. The number of carbonyl (C=O) groups excluding carboxylic acids is 1. The standard InChI is InChI=1S/C23H22O4/c1-15-14-18(8-13-21(15)24)22(16-4-9-19(26-2)10-5-16)23(25)17-6-11-20(27-3)12-7-17/h4-14,22,24H,1-3H3. The van der Waals surface area contributed by atoms with Crippen LogP contribution < -0.4 is 9.47 Å². The van der Waals surface area contributed by atoms with Gasteiger partial charge in [-0.25, -0.2) is 0 Å². The zero-order valence-corrected chi connectivity index (χ0v) is 15.6. The fraction of sp³-hybridized carbons (Fsp3) is 0.174. The number of hydrogen-bond donors (Lipinski definition) is 1. The number of Topliss-reactive ketones (excluding diaryl/α,β-unsaturated/α-hetero) is 1. The number of hydrogen-bond acceptors (Lipinski definition) is 4. The molecule has 3 rings (SSSR count). The lowest BCUT2D eigenvalue weighted by atomic mass is 9.84. The highest BCUT2D eigenvalue weighted by Gasteiger charge is 2.24. The number of ether oxygens (including phenoxy) is 2. The second kappa shape index (κ2) is 7.96. The van der Waals surface area contributed by atoms with Gasteiger partial charge in [-0.3, -0.25) is 4.79 Å². The third-order valence-electron chi connectivity index (χ3n) is 4.64. The van der Waals surface area contributed by atoms with E-state index in [1.165, 1.54) is 0 Å². The highest BCUT2D eigenvalue weighted by molar-refractivity contribution is 6.03. The Bertz CT molecular complexity index is 928. The third kappa shape index (κ3) is 3.95. The molecule has 0 aromatic heterocycles. The summed E-state index contributed by atoms with van der Waals surface area (Å²) in [4.78, 5) is 13.4. The highest BCUT2D eigenvalue weighted by atomic mass is 16.5. The van der Waals surface area contributed by atoms with Crippen molar-refractivity contribution in [3.63, 3.8) is 0 Å². The molecule has 3 aromatic rings. The third-order valence-corrected chi connectivity index (χ3v) is 4.64. The number of rotatable bonds is 6. The number of benzene rings is 3. The molecule has 0 spiro atoms. The average Bonchev–Trinajstić information content (AvgIpc) is 2.71. The van der Waals surface area contributed by atoms with Gasteiger partial charge in [0.15, 0.2) is 5.78 Å². The Morgan fingerprint density at radius 2 is 1.33 bits per heavy atom. The molecule has 4 heteroatoms. The molecular weight excluding hydrogens is 340 g/mol. The lowest BCUT2D eigenvalue weighted by molar-refractivity contribution is 0.0973. The van der Waals surface area contributed by atoms with Crippen LogP contribution in [0.1, 0.15) is 33.0 Å². The number of phenolic OH excluding ortho intramolecular Hbond substituents is 1. The molecule has 4 nitrogen and oxygen atoms in total. The quantitative estimate of drug-likeness (QED) is 0.644. The fourth-order valence-corrected chi connectivity index (χ4v) is 3.07. The summed E-state index contributed by atoms with van der Waals surface area (Å²) >= 11 is 0. The molecule has 0 radical (unpaired) electrons. The first-order valence-corrected chi connectivity index (χ1v) is 8.65. The Balaban J connectivity index is 2.07. The zero-order valence-electron chi connectivity index (χ0n) is 15.6. The van der Waals surface area contributed by atoms with E-state index in [1.807, 2.05) is 37.3 Å². The molecule has 0 aliphatic rings. The number of ketones is 1. The van der Waals surface area contributed by atoms with Crippen molar-refractivity contribution >= 4 is 5.78 Å². The minimum absolute atomic E-state index is 0.0205. The van der Waals surface area contributed by atoms with Gasteiger partial charge in [0, 0.05) is 5.56 Å². The molecule has 138 valence electrons. The monoisotopic (exact) mass is 362 g/mol. The lowest BCUT2D eigenvalue weighted by Crippen LogP contribution is -2.15. The fourth-order valence-electron chi connectivity index (χ4n) is 3.07. The molecule has 0 amide bonds. The normalized spacial score (nSPS) is 11.7. The lowest BCUT2D eigenvalue weighted by Gasteiger charge is -2.18. The van der Waals surface area contributed by atoms with E-state index < -0.39 is 5.92 Å². The van der Waals surface area contributed by atoms with E-state index in [0.29, 0.717) is 11.3 Å². The second-order valence-corrected chi connectivity index (χ2v) is 6.34. The van der Waals surface area contributed by atoms with Gasteiger partial charge in [0.1, 0.15) is 17.2 Å². The van der Waals surface area contributed by atoms with Crippen molar-refractivity contribution < 1.29 is 19.4 Å². The molecule has 0 saturated heterocycles. The smallest absolute Gasteiger partial charge is 0.174 e. The van der Waals surface area contributed by atoms with Crippen molar-refractivity contribution in [2.24, 2.45) is 0 Å². The molecule has 1 unspecified atom stereocenters.